The second-order valence-corrected chi connectivity index (χ2v) is 5.53. The lowest BCUT2D eigenvalue weighted by Gasteiger charge is -2.28. The molecule has 0 spiro atoms. The number of piperidine rings is 1. The van der Waals surface area contributed by atoms with Crippen LogP contribution in [0.15, 0.2) is 22.9 Å². The van der Waals surface area contributed by atoms with Gasteiger partial charge in [-0.15, -0.1) is 0 Å². The van der Waals surface area contributed by atoms with Crippen molar-refractivity contribution in [2.45, 2.75) is 32.2 Å². The van der Waals surface area contributed by atoms with E-state index in [0.29, 0.717) is 17.8 Å². The minimum absolute atomic E-state index is 0.575. The van der Waals surface area contributed by atoms with E-state index >= 15 is 0 Å². The molecule has 2 fully saturated rings. The predicted molar refractivity (Wildman–Crippen MR) is 70.7 cm³/mol. The second kappa shape index (κ2) is 4.05. The molecule has 5 heteroatoms. The van der Waals surface area contributed by atoms with Gasteiger partial charge in [0, 0.05) is 24.3 Å². The van der Waals surface area contributed by atoms with Gasteiger partial charge in [-0.25, -0.2) is 4.98 Å². The number of hydrogen-bond donors (Lipinski definition) is 0. The molecule has 1 saturated carbocycles. The average Bonchev–Trinajstić information content (AvgIpc) is 3.14. The number of aromatic nitrogens is 3. The number of anilines is 1. The number of hydrogen-bond acceptors (Lipinski definition) is 5. The molecular weight excluding hydrogens is 240 g/mol. The van der Waals surface area contributed by atoms with E-state index in [1.807, 2.05) is 19.2 Å². The standard InChI is InChI=1S/C14H16N4O/c1-9-16-14(19-17-9)11-4-5-15-13(7-11)18-8-10-2-3-12(18)6-10/h4-5,7,10,12H,2-3,6,8H2,1H3. The number of aryl methyl sites for hydroxylation is 1. The Kier molecular flexibility index (Phi) is 2.33. The Balaban J connectivity index is 1.67. The van der Waals surface area contributed by atoms with E-state index in [-0.39, 0.29) is 0 Å². The Morgan fingerprint density at radius 1 is 1.37 bits per heavy atom. The quantitative estimate of drug-likeness (QED) is 0.826. The molecule has 98 valence electrons. The third-order valence-electron chi connectivity index (χ3n) is 4.22. The zero-order valence-corrected chi connectivity index (χ0v) is 10.9. The number of rotatable bonds is 2. The van der Waals surface area contributed by atoms with E-state index in [1.54, 1.807) is 0 Å². The highest BCUT2D eigenvalue weighted by atomic mass is 16.5. The summed E-state index contributed by atoms with van der Waals surface area (Å²) in [5, 5.41) is 3.84. The summed E-state index contributed by atoms with van der Waals surface area (Å²) in [6, 6.07) is 4.66. The summed E-state index contributed by atoms with van der Waals surface area (Å²) in [6.07, 6.45) is 5.84. The minimum atomic E-state index is 0.575. The van der Waals surface area contributed by atoms with Gasteiger partial charge in [0.1, 0.15) is 5.82 Å². The van der Waals surface area contributed by atoms with Crippen LogP contribution in [-0.2, 0) is 0 Å². The third kappa shape index (κ3) is 1.80. The highest BCUT2D eigenvalue weighted by molar-refractivity contribution is 5.59. The van der Waals surface area contributed by atoms with Crippen molar-refractivity contribution in [2.75, 3.05) is 11.4 Å². The van der Waals surface area contributed by atoms with Crippen molar-refractivity contribution in [1.82, 2.24) is 15.1 Å². The zero-order chi connectivity index (χ0) is 12.8. The molecular formula is C14H16N4O. The first-order chi connectivity index (χ1) is 9.29. The van der Waals surface area contributed by atoms with Crippen LogP contribution in [0.3, 0.4) is 0 Å². The largest absolute Gasteiger partial charge is 0.353 e. The monoisotopic (exact) mass is 256 g/mol. The van der Waals surface area contributed by atoms with Crippen molar-refractivity contribution in [3.05, 3.63) is 24.2 Å². The van der Waals surface area contributed by atoms with Gasteiger partial charge in [-0.3, -0.25) is 0 Å². The highest BCUT2D eigenvalue weighted by Gasteiger charge is 2.38. The van der Waals surface area contributed by atoms with Crippen molar-refractivity contribution < 1.29 is 4.52 Å². The Morgan fingerprint density at radius 3 is 3.00 bits per heavy atom. The van der Waals surface area contributed by atoms with Crippen LogP contribution < -0.4 is 4.90 Å². The van der Waals surface area contributed by atoms with Crippen LogP contribution in [-0.4, -0.2) is 27.7 Å². The predicted octanol–water partition coefficient (Wildman–Crippen LogP) is 2.43. The molecule has 0 N–H and O–H groups in total. The van der Waals surface area contributed by atoms with Crippen LogP contribution in [0, 0.1) is 12.8 Å². The van der Waals surface area contributed by atoms with Gasteiger partial charge in [0.15, 0.2) is 5.82 Å². The minimum Gasteiger partial charge on any atom is -0.353 e. The van der Waals surface area contributed by atoms with Crippen molar-refractivity contribution in [1.29, 1.82) is 0 Å². The van der Waals surface area contributed by atoms with E-state index in [9.17, 15) is 0 Å². The van der Waals surface area contributed by atoms with E-state index in [0.717, 1.165) is 23.8 Å². The molecule has 2 aromatic rings. The first-order valence-electron chi connectivity index (χ1n) is 6.83. The van der Waals surface area contributed by atoms with Crippen LogP contribution in [0.25, 0.3) is 11.5 Å². The molecule has 2 bridgehead atoms. The fourth-order valence-electron chi connectivity index (χ4n) is 3.33. The molecule has 1 aliphatic heterocycles. The van der Waals surface area contributed by atoms with Gasteiger partial charge in [-0.1, -0.05) is 5.16 Å². The molecule has 5 nitrogen and oxygen atoms in total. The summed E-state index contributed by atoms with van der Waals surface area (Å²) < 4.78 is 5.22. The average molecular weight is 256 g/mol. The van der Waals surface area contributed by atoms with Crippen molar-refractivity contribution in [3.8, 4) is 11.5 Å². The first kappa shape index (κ1) is 11.0. The molecule has 1 saturated heterocycles. The van der Waals surface area contributed by atoms with Crippen LogP contribution in [0.1, 0.15) is 25.1 Å². The molecule has 1 aliphatic carbocycles. The molecule has 2 atom stereocenters. The van der Waals surface area contributed by atoms with Gasteiger partial charge >= 0.3 is 0 Å². The van der Waals surface area contributed by atoms with Crippen molar-refractivity contribution in [2.24, 2.45) is 5.92 Å². The molecule has 2 aliphatic rings. The van der Waals surface area contributed by atoms with E-state index < -0.39 is 0 Å². The van der Waals surface area contributed by atoms with Gasteiger partial charge in [0.05, 0.1) is 0 Å². The summed E-state index contributed by atoms with van der Waals surface area (Å²) in [4.78, 5) is 11.2. The lowest BCUT2D eigenvalue weighted by atomic mass is 10.1. The van der Waals surface area contributed by atoms with Crippen molar-refractivity contribution >= 4 is 5.82 Å². The van der Waals surface area contributed by atoms with Crippen LogP contribution in [0.5, 0.6) is 0 Å². The molecule has 0 amide bonds. The van der Waals surface area contributed by atoms with Crippen LogP contribution in [0.4, 0.5) is 5.82 Å². The smallest absolute Gasteiger partial charge is 0.258 e. The molecule has 0 aromatic carbocycles. The van der Waals surface area contributed by atoms with Gasteiger partial charge in [0.2, 0.25) is 0 Å². The Morgan fingerprint density at radius 2 is 2.32 bits per heavy atom. The summed E-state index contributed by atoms with van der Waals surface area (Å²) in [5.41, 5.74) is 0.952. The molecule has 19 heavy (non-hydrogen) atoms. The maximum atomic E-state index is 5.22. The maximum absolute atomic E-state index is 5.22. The summed E-state index contributed by atoms with van der Waals surface area (Å²) in [6.45, 7) is 2.97. The Hall–Kier alpha value is -1.91. The normalized spacial score (nSPS) is 25.2. The number of pyridine rings is 1. The van der Waals surface area contributed by atoms with Gasteiger partial charge in [-0.2, -0.15) is 4.98 Å². The van der Waals surface area contributed by atoms with E-state index in [1.165, 1.54) is 19.3 Å². The van der Waals surface area contributed by atoms with E-state index in [4.69, 9.17) is 4.52 Å². The topological polar surface area (TPSA) is 55.1 Å². The lowest BCUT2D eigenvalue weighted by molar-refractivity contribution is 0.425. The Labute approximate surface area is 111 Å². The van der Waals surface area contributed by atoms with Crippen LogP contribution in [0.2, 0.25) is 0 Å². The number of fused-ring (bicyclic) bond motifs is 2. The highest BCUT2D eigenvalue weighted by Crippen LogP contribution is 2.39. The van der Waals surface area contributed by atoms with Gasteiger partial charge < -0.3 is 9.42 Å². The maximum Gasteiger partial charge on any atom is 0.258 e. The zero-order valence-electron chi connectivity index (χ0n) is 10.9. The third-order valence-corrected chi connectivity index (χ3v) is 4.22. The SMILES string of the molecule is Cc1noc(-c2ccnc(N3CC4CCC3C4)c2)n1. The first-order valence-corrected chi connectivity index (χ1v) is 6.83. The second-order valence-electron chi connectivity index (χ2n) is 5.53. The van der Waals surface area contributed by atoms with Gasteiger partial charge in [-0.05, 0) is 44.2 Å². The number of nitrogens with zero attached hydrogens (tertiary/aromatic N) is 4. The summed E-state index contributed by atoms with van der Waals surface area (Å²) in [5.74, 6) is 3.14. The fourth-order valence-corrected chi connectivity index (χ4v) is 3.33. The molecule has 3 heterocycles. The van der Waals surface area contributed by atoms with Gasteiger partial charge in [0.25, 0.3) is 5.89 Å². The van der Waals surface area contributed by atoms with Crippen molar-refractivity contribution in [3.63, 3.8) is 0 Å². The molecule has 2 unspecified atom stereocenters. The lowest BCUT2D eigenvalue weighted by Crippen LogP contribution is -2.32. The van der Waals surface area contributed by atoms with Crippen LogP contribution >= 0.6 is 0 Å². The molecule has 0 radical (unpaired) electrons. The summed E-state index contributed by atoms with van der Waals surface area (Å²) >= 11 is 0. The molecule has 2 aromatic heterocycles. The molecule has 4 rings (SSSR count). The Bertz CT molecular complexity index is 609. The fraction of sp³-hybridized carbons (Fsp3) is 0.500. The van der Waals surface area contributed by atoms with E-state index in [2.05, 4.69) is 26.1 Å². The summed E-state index contributed by atoms with van der Waals surface area (Å²) in [7, 11) is 0.